The van der Waals surface area contributed by atoms with Crippen LogP contribution in [0.3, 0.4) is 0 Å². The minimum atomic E-state index is 0.0556. The van der Waals surface area contributed by atoms with E-state index in [0.29, 0.717) is 5.56 Å². The molecule has 0 aliphatic carbocycles. The number of amides is 1. The molecule has 1 amide bonds. The molecule has 3 nitrogen and oxygen atoms in total. The zero-order valence-corrected chi connectivity index (χ0v) is 12.0. The number of carbonyl (C=O) groups is 1. The maximum atomic E-state index is 12.0. The molecule has 0 N–H and O–H groups in total. The number of aryl methyl sites for hydroxylation is 1. The van der Waals surface area contributed by atoms with E-state index >= 15 is 0 Å². The molecular formula is C13H19BrN2O. The molecule has 0 saturated heterocycles. The molecule has 0 saturated carbocycles. The summed E-state index contributed by atoms with van der Waals surface area (Å²) in [5, 5.41) is 1.03. The van der Waals surface area contributed by atoms with Gasteiger partial charge in [0.25, 0.3) is 5.91 Å². The summed E-state index contributed by atoms with van der Waals surface area (Å²) in [7, 11) is 1.85. The van der Waals surface area contributed by atoms with Crippen LogP contribution >= 0.6 is 15.9 Å². The number of nitrogens with zero attached hydrogens (tertiary/aromatic N) is 2. The number of halogens is 1. The van der Waals surface area contributed by atoms with E-state index in [1.54, 1.807) is 17.3 Å². The van der Waals surface area contributed by atoms with Crippen LogP contribution in [-0.4, -0.2) is 34.7 Å². The van der Waals surface area contributed by atoms with E-state index in [1.807, 2.05) is 20.0 Å². The number of carbonyl (C=O) groups excluding carboxylic acids is 1. The number of hydrogen-bond acceptors (Lipinski definition) is 2. The minimum absolute atomic E-state index is 0.0556. The van der Waals surface area contributed by atoms with Crippen molar-refractivity contribution in [1.82, 2.24) is 9.88 Å². The summed E-state index contributed by atoms with van der Waals surface area (Å²) in [6.45, 7) is 2.75. The Morgan fingerprint density at radius 2 is 2.12 bits per heavy atom. The van der Waals surface area contributed by atoms with E-state index < -0.39 is 0 Å². The molecule has 1 heterocycles. The summed E-state index contributed by atoms with van der Waals surface area (Å²) in [6, 6.07) is 1.88. The third-order valence-electron chi connectivity index (χ3n) is 2.60. The van der Waals surface area contributed by atoms with E-state index in [0.717, 1.165) is 36.7 Å². The topological polar surface area (TPSA) is 33.2 Å². The fraction of sp³-hybridized carbons (Fsp3) is 0.538. The van der Waals surface area contributed by atoms with Crippen LogP contribution < -0.4 is 0 Å². The summed E-state index contributed by atoms with van der Waals surface area (Å²) in [4.78, 5) is 17.8. The normalized spacial score (nSPS) is 10.3. The average molecular weight is 299 g/mol. The summed E-state index contributed by atoms with van der Waals surface area (Å²) in [6.07, 6.45) is 6.74. The van der Waals surface area contributed by atoms with Crippen LogP contribution in [0.15, 0.2) is 18.5 Å². The number of pyridine rings is 1. The standard InChI is InChI=1S/C13H19BrN2O/c1-11-8-12(10-15-9-11)13(17)16(2)7-5-3-4-6-14/h8-10H,3-7H2,1-2H3. The lowest BCUT2D eigenvalue weighted by Crippen LogP contribution is -2.27. The van der Waals surface area contributed by atoms with Gasteiger partial charge in [-0.25, -0.2) is 0 Å². The highest BCUT2D eigenvalue weighted by Gasteiger charge is 2.11. The number of unbranched alkanes of at least 4 members (excludes halogenated alkanes) is 2. The lowest BCUT2D eigenvalue weighted by Gasteiger charge is -2.17. The largest absolute Gasteiger partial charge is 0.342 e. The Kier molecular flexibility index (Phi) is 6.19. The third kappa shape index (κ3) is 4.86. The van der Waals surface area contributed by atoms with Crippen molar-refractivity contribution in [2.45, 2.75) is 26.2 Å². The van der Waals surface area contributed by atoms with Crippen molar-refractivity contribution >= 4 is 21.8 Å². The molecule has 1 aromatic heterocycles. The van der Waals surface area contributed by atoms with Gasteiger partial charge in [-0.15, -0.1) is 0 Å². The molecular weight excluding hydrogens is 280 g/mol. The van der Waals surface area contributed by atoms with Crippen LogP contribution in [0.2, 0.25) is 0 Å². The summed E-state index contributed by atoms with van der Waals surface area (Å²) in [5.41, 5.74) is 1.69. The van der Waals surface area contributed by atoms with Gasteiger partial charge in [-0.2, -0.15) is 0 Å². The fourth-order valence-electron chi connectivity index (χ4n) is 1.61. The van der Waals surface area contributed by atoms with Gasteiger partial charge < -0.3 is 4.90 Å². The molecule has 1 aromatic rings. The SMILES string of the molecule is Cc1cncc(C(=O)N(C)CCCCCBr)c1. The van der Waals surface area contributed by atoms with Crippen LogP contribution in [0.25, 0.3) is 0 Å². The summed E-state index contributed by atoms with van der Waals surface area (Å²) in [5.74, 6) is 0.0556. The van der Waals surface area contributed by atoms with Gasteiger partial charge in [0.05, 0.1) is 5.56 Å². The van der Waals surface area contributed by atoms with Crippen molar-refractivity contribution in [3.05, 3.63) is 29.6 Å². The van der Waals surface area contributed by atoms with Crippen LogP contribution in [0, 0.1) is 6.92 Å². The Balaban J connectivity index is 2.46. The molecule has 0 fully saturated rings. The molecule has 1 rings (SSSR count). The van der Waals surface area contributed by atoms with Gasteiger partial charge in [-0.05, 0) is 31.4 Å². The van der Waals surface area contributed by atoms with E-state index in [4.69, 9.17) is 0 Å². The average Bonchev–Trinajstić information content (AvgIpc) is 2.33. The van der Waals surface area contributed by atoms with Crippen LogP contribution in [0.1, 0.15) is 35.2 Å². The Labute approximate surface area is 111 Å². The molecule has 4 heteroatoms. The second-order valence-electron chi connectivity index (χ2n) is 4.23. The molecule has 94 valence electrons. The van der Waals surface area contributed by atoms with Crippen molar-refractivity contribution in [2.24, 2.45) is 0 Å². The molecule has 0 unspecified atom stereocenters. The summed E-state index contributed by atoms with van der Waals surface area (Å²) >= 11 is 3.40. The first-order chi connectivity index (χ1) is 8.15. The van der Waals surface area contributed by atoms with E-state index in [-0.39, 0.29) is 5.91 Å². The molecule has 17 heavy (non-hydrogen) atoms. The van der Waals surface area contributed by atoms with Gasteiger partial charge >= 0.3 is 0 Å². The van der Waals surface area contributed by atoms with Crippen LogP contribution in [0.5, 0.6) is 0 Å². The number of alkyl halides is 1. The Hall–Kier alpha value is -0.900. The lowest BCUT2D eigenvalue weighted by atomic mass is 10.2. The Morgan fingerprint density at radius 3 is 2.76 bits per heavy atom. The van der Waals surface area contributed by atoms with Crippen LogP contribution in [0.4, 0.5) is 0 Å². The van der Waals surface area contributed by atoms with Crippen LogP contribution in [-0.2, 0) is 0 Å². The highest BCUT2D eigenvalue weighted by atomic mass is 79.9. The molecule has 0 aromatic carbocycles. The van der Waals surface area contributed by atoms with Gasteiger partial charge in [0, 0.05) is 31.3 Å². The van der Waals surface area contributed by atoms with Gasteiger partial charge in [0.2, 0.25) is 0 Å². The first-order valence-corrected chi connectivity index (χ1v) is 7.00. The first kappa shape index (κ1) is 14.2. The van der Waals surface area contributed by atoms with Crippen molar-refractivity contribution in [1.29, 1.82) is 0 Å². The maximum Gasteiger partial charge on any atom is 0.255 e. The van der Waals surface area contributed by atoms with Crippen molar-refractivity contribution in [2.75, 3.05) is 18.9 Å². The highest BCUT2D eigenvalue weighted by molar-refractivity contribution is 9.09. The smallest absolute Gasteiger partial charge is 0.255 e. The zero-order valence-electron chi connectivity index (χ0n) is 10.4. The second-order valence-corrected chi connectivity index (χ2v) is 5.02. The lowest BCUT2D eigenvalue weighted by molar-refractivity contribution is 0.0792. The second kappa shape index (κ2) is 7.43. The first-order valence-electron chi connectivity index (χ1n) is 5.88. The third-order valence-corrected chi connectivity index (χ3v) is 3.16. The predicted molar refractivity (Wildman–Crippen MR) is 73.6 cm³/mol. The van der Waals surface area contributed by atoms with Gasteiger partial charge in [-0.3, -0.25) is 9.78 Å². The van der Waals surface area contributed by atoms with E-state index in [1.165, 1.54) is 0 Å². The fourth-order valence-corrected chi connectivity index (χ4v) is 2.01. The van der Waals surface area contributed by atoms with E-state index in [9.17, 15) is 4.79 Å². The molecule has 0 radical (unpaired) electrons. The summed E-state index contributed by atoms with van der Waals surface area (Å²) < 4.78 is 0. The van der Waals surface area contributed by atoms with Crippen molar-refractivity contribution in [3.8, 4) is 0 Å². The monoisotopic (exact) mass is 298 g/mol. The zero-order chi connectivity index (χ0) is 12.7. The number of hydrogen-bond donors (Lipinski definition) is 0. The predicted octanol–water partition coefficient (Wildman–Crippen LogP) is 3.03. The number of aromatic nitrogens is 1. The van der Waals surface area contributed by atoms with E-state index in [2.05, 4.69) is 20.9 Å². The van der Waals surface area contributed by atoms with Crippen molar-refractivity contribution in [3.63, 3.8) is 0 Å². The Morgan fingerprint density at radius 1 is 1.35 bits per heavy atom. The Bertz CT molecular complexity index is 368. The number of rotatable bonds is 6. The van der Waals surface area contributed by atoms with Gasteiger partial charge in [0.15, 0.2) is 0 Å². The van der Waals surface area contributed by atoms with Crippen molar-refractivity contribution < 1.29 is 4.79 Å². The van der Waals surface area contributed by atoms with Gasteiger partial charge in [-0.1, -0.05) is 22.4 Å². The quantitative estimate of drug-likeness (QED) is 0.597. The molecule has 0 aliphatic heterocycles. The molecule has 0 spiro atoms. The minimum Gasteiger partial charge on any atom is -0.342 e. The molecule has 0 aliphatic rings. The molecule has 0 bridgehead atoms. The van der Waals surface area contributed by atoms with Gasteiger partial charge in [0.1, 0.15) is 0 Å². The maximum absolute atomic E-state index is 12.0. The highest BCUT2D eigenvalue weighted by Crippen LogP contribution is 2.06. The molecule has 0 atom stereocenters.